The van der Waals surface area contributed by atoms with Gasteiger partial charge in [0.25, 0.3) is 0 Å². The maximum Gasteiger partial charge on any atom is 0.0376 e. The lowest BCUT2D eigenvalue weighted by molar-refractivity contribution is 0.0612. The number of piperazine rings is 1. The van der Waals surface area contributed by atoms with E-state index in [-0.39, 0.29) is 0 Å². The minimum atomic E-state index is 0.320. The van der Waals surface area contributed by atoms with E-state index in [2.05, 4.69) is 60.2 Å². The summed E-state index contributed by atoms with van der Waals surface area (Å²) >= 11 is 0. The Kier molecular flexibility index (Phi) is 4.23. The van der Waals surface area contributed by atoms with Gasteiger partial charge in [-0.3, -0.25) is 4.90 Å². The van der Waals surface area contributed by atoms with Crippen LogP contribution in [0.1, 0.15) is 38.7 Å². The normalized spacial score (nSPS) is 23.9. The van der Waals surface area contributed by atoms with Gasteiger partial charge in [-0.15, -0.1) is 0 Å². The Labute approximate surface area is 129 Å². The second-order valence-corrected chi connectivity index (χ2v) is 7.45. The van der Waals surface area contributed by atoms with Gasteiger partial charge in [0.15, 0.2) is 0 Å². The molecule has 1 saturated heterocycles. The molecule has 0 aromatic heterocycles. The fourth-order valence-electron chi connectivity index (χ4n) is 3.60. The second-order valence-electron chi connectivity index (χ2n) is 7.45. The predicted molar refractivity (Wildman–Crippen MR) is 90.1 cm³/mol. The van der Waals surface area contributed by atoms with Crippen LogP contribution >= 0.6 is 0 Å². The highest BCUT2D eigenvalue weighted by molar-refractivity contribution is 5.57. The van der Waals surface area contributed by atoms with Crippen LogP contribution in [0.2, 0.25) is 0 Å². The molecule has 1 atom stereocenters. The predicted octanol–water partition coefficient (Wildman–Crippen LogP) is 3.00. The Morgan fingerprint density at radius 2 is 1.81 bits per heavy atom. The van der Waals surface area contributed by atoms with Gasteiger partial charge in [-0.05, 0) is 45.4 Å². The van der Waals surface area contributed by atoms with Gasteiger partial charge in [0.05, 0.1) is 0 Å². The molecule has 116 valence electrons. The second kappa shape index (κ2) is 5.98. The topological polar surface area (TPSA) is 18.5 Å². The highest BCUT2D eigenvalue weighted by atomic mass is 15.3. The molecule has 1 unspecified atom stereocenters. The third-order valence-corrected chi connectivity index (χ3v) is 5.05. The summed E-state index contributed by atoms with van der Waals surface area (Å²) in [5.74, 6) is 0.696. The van der Waals surface area contributed by atoms with Crippen molar-refractivity contribution in [2.45, 2.75) is 38.6 Å². The van der Waals surface area contributed by atoms with Crippen molar-refractivity contribution in [3.63, 3.8) is 0 Å². The van der Waals surface area contributed by atoms with E-state index in [1.807, 2.05) is 0 Å². The molecule has 0 aliphatic carbocycles. The van der Waals surface area contributed by atoms with Gasteiger partial charge in [-0.2, -0.15) is 0 Å². The van der Waals surface area contributed by atoms with Gasteiger partial charge < -0.3 is 10.2 Å². The lowest BCUT2D eigenvalue weighted by Crippen LogP contribution is -2.53. The third-order valence-electron chi connectivity index (χ3n) is 5.05. The monoisotopic (exact) mass is 287 g/mol. The number of anilines is 1. The number of nitrogens with zero attached hydrogens (tertiary/aromatic N) is 2. The summed E-state index contributed by atoms with van der Waals surface area (Å²) in [6.45, 7) is 14.2. The minimum absolute atomic E-state index is 0.320. The minimum Gasteiger partial charge on any atom is -0.384 e. The van der Waals surface area contributed by atoms with Crippen LogP contribution in [0.15, 0.2) is 24.3 Å². The molecule has 1 aromatic rings. The standard InChI is InChI=1S/C18H29N3/c1-18(2,3)21-12-10-20(11-13-21)9-8-15-14-19-17-7-5-4-6-16(15)17/h4-7,15,19H,8-14H2,1-3H3. The van der Waals surface area contributed by atoms with Crippen LogP contribution in [0.25, 0.3) is 0 Å². The smallest absolute Gasteiger partial charge is 0.0376 e. The van der Waals surface area contributed by atoms with Crippen molar-refractivity contribution in [2.75, 3.05) is 44.6 Å². The molecule has 1 aromatic carbocycles. The SMILES string of the molecule is CC(C)(C)N1CCN(CCC2CNc3ccccc32)CC1. The Morgan fingerprint density at radius 1 is 1.10 bits per heavy atom. The number of nitrogens with one attached hydrogen (secondary N) is 1. The van der Waals surface area contributed by atoms with E-state index in [1.54, 1.807) is 0 Å². The molecule has 0 spiro atoms. The van der Waals surface area contributed by atoms with Crippen LogP contribution in [0.4, 0.5) is 5.69 Å². The van der Waals surface area contributed by atoms with Gasteiger partial charge in [0.1, 0.15) is 0 Å². The molecule has 2 heterocycles. The summed E-state index contributed by atoms with van der Waals surface area (Å²) in [6, 6.07) is 8.79. The quantitative estimate of drug-likeness (QED) is 0.922. The molecule has 3 rings (SSSR count). The number of para-hydroxylation sites is 1. The Bertz CT molecular complexity index is 470. The lowest BCUT2D eigenvalue weighted by atomic mass is 9.97. The maximum atomic E-state index is 3.54. The van der Waals surface area contributed by atoms with Gasteiger partial charge in [-0.25, -0.2) is 0 Å². The van der Waals surface area contributed by atoms with E-state index in [4.69, 9.17) is 0 Å². The largest absolute Gasteiger partial charge is 0.384 e. The highest BCUT2D eigenvalue weighted by Gasteiger charge is 2.27. The van der Waals surface area contributed by atoms with Crippen molar-refractivity contribution in [1.29, 1.82) is 0 Å². The number of hydrogen-bond donors (Lipinski definition) is 1. The molecule has 1 fully saturated rings. The summed E-state index contributed by atoms with van der Waals surface area (Å²) in [5, 5.41) is 3.54. The molecule has 0 amide bonds. The van der Waals surface area contributed by atoms with Crippen molar-refractivity contribution in [3.05, 3.63) is 29.8 Å². The van der Waals surface area contributed by atoms with Crippen molar-refractivity contribution >= 4 is 5.69 Å². The number of fused-ring (bicyclic) bond motifs is 1. The zero-order chi connectivity index (χ0) is 14.9. The van der Waals surface area contributed by atoms with Crippen molar-refractivity contribution in [2.24, 2.45) is 0 Å². The number of hydrogen-bond acceptors (Lipinski definition) is 3. The molecule has 3 heteroatoms. The molecule has 2 aliphatic heterocycles. The zero-order valence-electron chi connectivity index (χ0n) is 13.7. The summed E-state index contributed by atoms with van der Waals surface area (Å²) in [7, 11) is 0. The first kappa shape index (κ1) is 14.9. The average molecular weight is 287 g/mol. The molecule has 0 radical (unpaired) electrons. The van der Waals surface area contributed by atoms with Gasteiger partial charge >= 0.3 is 0 Å². The average Bonchev–Trinajstić information content (AvgIpc) is 2.88. The van der Waals surface area contributed by atoms with Crippen LogP contribution in [0, 0.1) is 0 Å². The van der Waals surface area contributed by atoms with Crippen LogP contribution in [-0.2, 0) is 0 Å². The van der Waals surface area contributed by atoms with Crippen molar-refractivity contribution in [3.8, 4) is 0 Å². The summed E-state index contributed by atoms with van der Waals surface area (Å²) in [5.41, 5.74) is 3.19. The zero-order valence-corrected chi connectivity index (χ0v) is 13.7. The van der Waals surface area contributed by atoms with E-state index in [9.17, 15) is 0 Å². The van der Waals surface area contributed by atoms with Crippen molar-refractivity contribution in [1.82, 2.24) is 9.80 Å². The molecule has 21 heavy (non-hydrogen) atoms. The maximum absolute atomic E-state index is 3.54. The third kappa shape index (κ3) is 3.41. The first-order chi connectivity index (χ1) is 10.0. The molecule has 1 N–H and O–H groups in total. The number of benzene rings is 1. The molecular weight excluding hydrogens is 258 g/mol. The molecule has 2 aliphatic rings. The van der Waals surface area contributed by atoms with Crippen LogP contribution in [-0.4, -0.2) is 54.6 Å². The Balaban J connectivity index is 1.47. The lowest BCUT2D eigenvalue weighted by Gasteiger charge is -2.42. The van der Waals surface area contributed by atoms with E-state index >= 15 is 0 Å². The van der Waals surface area contributed by atoms with Gasteiger partial charge in [0.2, 0.25) is 0 Å². The van der Waals surface area contributed by atoms with Gasteiger partial charge in [0, 0.05) is 49.9 Å². The van der Waals surface area contributed by atoms with E-state index < -0.39 is 0 Å². The molecule has 0 saturated carbocycles. The molecule has 0 bridgehead atoms. The Hall–Kier alpha value is -1.06. The van der Waals surface area contributed by atoms with E-state index in [0.717, 1.165) is 6.54 Å². The summed E-state index contributed by atoms with van der Waals surface area (Å²) in [6.07, 6.45) is 1.28. The van der Waals surface area contributed by atoms with Crippen LogP contribution in [0.5, 0.6) is 0 Å². The van der Waals surface area contributed by atoms with Gasteiger partial charge in [-0.1, -0.05) is 18.2 Å². The fraction of sp³-hybridized carbons (Fsp3) is 0.667. The Morgan fingerprint density at radius 3 is 2.52 bits per heavy atom. The highest BCUT2D eigenvalue weighted by Crippen LogP contribution is 2.33. The van der Waals surface area contributed by atoms with E-state index in [1.165, 1.54) is 50.4 Å². The number of rotatable bonds is 3. The van der Waals surface area contributed by atoms with Crippen molar-refractivity contribution < 1.29 is 0 Å². The van der Waals surface area contributed by atoms with E-state index in [0.29, 0.717) is 11.5 Å². The fourth-order valence-corrected chi connectivity index (χ4v) is 3.60. The van der Waals surface area contributed by atoms with Crippen LogP contribution in [0.3, 0.4) is 0 Å². The summed E-state index contributed by atoms with van der Waals surface area (Å²) < 4.78 is 0. The van der Waals surface area contributed by atoms with Crippen LogP contribution < -0.4 is 5.32 Å². The first-order valence-corrected chi connectivity index (χ1v) is 8.34. The molecular formula is C18H29N3. The molecule has 3 nitrogen and oxygen atoms in total. The first-order valence-electron chi connectivity index (χ1n) is 8.34. The summed E-state index contributed by atoms with van der Waals surface area (Å²) in [4.78, 5) is 5.25.